The van der Waals surface area contributed by atoms with Crippen LogP contribution >= 0.6 is 0 Å². The van der Waals surface area contributed by atoms with Crippen molar-refractivity contribution in [1.29, 1.82) is 0 Å². The number of unbranched alkanes of at least 4 members (excludes halogenated alkanes) is 4. The van der Waals surface area contributed by atoms with Crippen LogP contribution in [0.3, 0.4) is 0 Å². The molecule has 2 rings (SSSR count). The number of amides is 1. The van der Waals surface area contributed by atoms with Gasteiger partial charge in [-0.25, -0.2) is 8.42 Å². The second-order valence-corrected chi connectivity index (χ2v) is 9.25. The molecule has 0 spiro atoms. The molecule has 152 valence electrons. The number of nitrogens with one attached hydrogen (secondary N) is 1. The van der Waals surface area contributed by atoms with Crippen molar-refractivity contribution in [3.05, 3.63) is 24.3 Å². The Balaban J connectivity index is 1.91. The number of anilines is 1. The van der Waals surface area contributed by atoms with E-state index in [0.29, 0.717) is 25.2 Å². The lowest BCUT2D eigenvalue weighted by atomic mass is 10.1. The van der Waals surface area contributed by atoms with Crippen LogP contribution in [0, 0.1) is 0 Å². The largest absolute Gasteiger partial charge is 0.373 e. The summed E-state index contributed by atoms with van der Waals surface area (Å²) in [5, 5.41) is 2.84. The monoisotopic (exact) mass is 396 g/mol. The Labute approximate surface area is 163 Å². The lowest BCUT2D eigenvalue weighted by molar-refractivity contribution is -0.116. The van der Waals surface area contributed by atoms with E-state index in [4.69, 9.17) is 4.74 Å². The summed E-state index contributed by atoms with van der Waals surface area (Å²) in [4.78, 5) is 12.2. The van der Waals surface area contributed by atoms with Crippen molar-refractivity contribution in [3.63, 3.8) is 0 Å². The molecule has 1 heterocycles. The molecule has 2 atom stereocenters. The van der Waals surface area contributed by atoms with E-state index >= 15 is 0 Å². The van der Waals surface area contributed by atoms with E-state index in [1.54, 1.807) is 24.3 Å². The molecule has 1 saturated heterocycles. The summed E-state index contributed by atoms with van der Waals surface area (Å²) in [6.45, 7) is 6.61. The quantitative estimate of drug-likeness (QED) is 0.645. The van der Waals surface area contributed by atoms with Crippen LogP contribution in [0.15, 0.2) is 29.2 Å². The zero-order chi connectivity index (χ0) is 19.9. The van der Waals surface area contributed by atoms with Gasteiger partial charge in [-0.3, -0.25) is 4.79 Å². The van der Waals surface area contributed by atoms with Crippen molar-refractivity contribution in [2.75, 3.05) is 18.4 Å². The minimum Gasteiger partial charge on any atom is -0.373 e. The van der Waals surface area contributed by atoms with Crippen molar-refractivity contribution in [3.8, 4) is 0 Å². The van der Waals surface area contributed by atoms with Gasteiger partial charge in [0.1, 0.15) is 0 Å². The summed E-state index contributed by atoms with van der Waals surface area (Å²) in [5.74, 6) is -0.0297. The second-order valence-electron chi connectivity index (χ2n) is 7.32. The van der Waals surface area contributed by atoms with Crippen molar-refractivity contribution < 1.29 is 17.9 Å². The molecule has 1 aliphatic heterocycles. The first kappa shape index (κ1) is 21.9. The zero-order valence-electron chi connectivity index (χ0n) is 16.6. The van der Waals surface area contributed by atoms with E-state index < -0.39 is 10.0 Å². The summed E-state index contributed by atoms with van der Waals surface area (Å²) in [6.07, 6.45) is 5.74. The number of benzene rings is 1. The number of carbonyl (C=O) groups is 1. The molecular formula is C20H32N2O4S. The van der Waals surface area contributed by atoms with Gasteiger partial charge in [0.05, 0.1) is 17.1 Å². The Hall–Kier alpha value is -1.44. The van der Waals surface area contributed by atoms with Gasteiger partial charge in [-0.1, -0.05) is 32.6 Å². The Morgan fingerprint density at radius 3 is 2.26 bits per heavy atom. The maximum Gasteiger partial charge on any atom is 0.243 e. The molecule has 1 aromatic carbocycles. The van der Waals surface area contributed by atoms with Crippen LogP contribution in [-0.4, -0.2) is 43.9 Å². The molecule has 0 aromatic heterocycles. The average Bonchev–Trinajstić information content (AvgIpc) is 2.61. The molecule has 1 fully saturated rings. The van der Waals surface area contributed by atoms with E-state index in [9.17, 15) is 13.2 Å². The van der Waals surface area contributed by atoms with Gasteiger partial charge in [0.2, 0.25) is 15.9 Å². The van der Waals surface area contributed by atoms with Crippen molar-refractivity contribution in [2.45, 2.75) is 76.4 Å². The summed E-state index contributed by atoms with van der Waals surface area (Å²) in [6, 6.07) is 6.40. The van der Waals surface area contributed by atoms with Crippen LogP contribution in [-0.2, 0) is 19.6 Å². The van der Waals surface area contributed by atoms with E-state index in [2.05, 4.69) is 12.2 Å². The van der Waals surface area contributed by atoms with Crippen LogP contribution in [0.2, 0.25) is 0 Å². The number of hydrogen-bond acceptors (Lipinski definition) is 4. The highest BCUT2D eigenvalue weighted by Crippen LogP contribution is 2.22. The van der Waals surface area contributed by atoms with E-state index in [0.717, 1.165) is 19.3 Å². The number of morpholine rings is 1. The number of hydrogen-bond donors (Lipinski definition) is 1. The molecular weight excluding hydrogens is 364 g/mol. The maximum atomic E-state index is 12.8. The van der Waals surface area contributed by atoms with E-state index in [1.165, 1.54) is 17.1 Å². The Morgan fingerprint density at radius 2 is 1.67 bits per heavy atom. The second kappa shape index (κ2) is 10.2. The number of nitrogens with zero attached hydrogens (tertiary/aromatic N) is 1. The lowest BCUT2D eigenvalue weighted by Gasteiger charge is -2.34. The Bertz CT molecular complexity index is 693. The zero-order valence-corrected chi connectivity index (χ0v) is 17.4. The average molecular weight is 397 g/mol. The Morgan fingerprint density at radius 1 is 1.07 bits per heavy atom. The van der Waals surface area contributed by atoms with Gasteiger partial charge in [0.25, 0.3) is 0 Å². The van der Waals surface area contributed by atoms with Crippen molar-refractivity contribution in [1.82, 2.24) is 4.31 Å². The fourth-order valence-electron chi connectivity index (χ4n) is 3.30. The first-order chi connectivity index (χ1) is 12.8. The van der Waals surface area contributed by atoms with Crippen LogP contribution in [0.25, 0.3) is 0 Å². The standard InChI is InChI=1S/C20H32N2O4S/c1-4-5-6-7-8-9-20(23)21-18-10-12-19(13-11-18)27(24,25)22-14-16(2)26-17(3)15-22/h10-13,16-17H,4-9,14-15H2,1-3H3,(H,21,23). The topological polar surface area (TPSA) is 75.7 Å². The number of sulfonamides is 1. The molecule has 1 aliphatic rings. The van der Waals surface area contributed by atoms with Gasteiger partial charge in [0, 0.05) is 25.2 Å². The minimum absolute atomic E-state index is 0.0297. The summed E-state index contributed by atoms with van der Waals surface area (Å²) in [5.41, 5.74) is 0.622. The third-order valence-corrected chi connectivity index (χ3v) is 6.52. The van der Waals surface area contributed by atoms with Gasteiger partial charge in [0.15, 0.2) is 0 Å². The predicted molar refractivity (Wildman–Crippen MR) is 107 cm³/mol. The van der Waals surface area contributed by atoms with Crippen molar-refractivity contribution in [2.24, 2.45) is 0 Å². The van der Waals surface area contributed by atoms with Crippen molar-refractivity contribution >= 4 is 21.6 Å². The molecule has 6 nitrogen and oxygen atoms in total. The summed E-state index contributed by atoms with van der Waals surface area (Å²) >= 11 is 0. The molecule has 2 unspecified atom stereocenters. The normalized spacial score (nSPS) is 21.1. The molecule has 0 radical (unpaired) electrons. The van der Waals surface area contributed by atoms with Gasteiger partial charge in [-0.05, 0) is 44.5 Å². The molecule has 7 heteroatoms. The van der Waals surface area contributed by atoms with Crippen LogP contribution in [0.1, 0.15) is 59.3 Å². The lowest BCUT2D eigenvalue weighted by Crippen LogP contribution is -2.48. The van der Waals surface area contributed by atoms with Gasteiger partial charge >= 0.3 is 0 Å². The van der Waals surface area contributed by atoms with E-state index in [1.807, 2.05) is 13.8 Å². The number of carbonyl (C=O) groups excluding carboxylic acids is 1. The molecule has 0 aliphatic carbocycles. The van der Waals surface area contributed by atoms with Crippen LogP contribution in [0.4, 0.5) is 5.69 Å². The maximum absolute atomic E-state index is 12.8. The summed E-state index contributed by atoms with van der Waals surface area (Å²) in [7, 11) is -3.56. The summed E-state index contributed by atoms with van der Waals surface area (Å²) < 4.78 is 32.7. The molecule has 1 aromatic rings. The Kier molecular flexibility index (Phi) is 8.26. The molecule has 0 bridgehead atoms. The molecule has 1 amide bonds. The highest BCUT2D eigenvalue weighted by molar-refractivity contribution is 7.89. The fourth-order valence-corrected chi connectivity index (χ4v) is 4.89. The smallest absolute Gasteiger partial charge is 0.243 e. The predicted octanol–water partition coefficient (Wildman–Crippen LogP) is 3.78. The fraction of sp³-hybridized carbons (Fsp3) is 0.650. The van der Waals surface area contributed by atoms with Gasteiger partial charge < -0.3 is 10.1 Å². The molecule has 27 heavy (non-hydrogen) atoms. The van der Waals surface area contributed by atoms with Gasteiger partial charge in [-0.15, -0.1) is 0 Å². The first-order valence-electron chi connectivity index (χ1n) is 9.88. The third kappa shape index (κ3) is 6.59. The SMILES string of the molecule is CCCCCCCC(=O)Nc1ccc(S(=O)(=O)N2CC(C)OC(C)C2)cc1. The number of rotatable bonds is 9. The van der Waals surface area contributed by atoms with Crippen LogP contribution in [0.5, 0.6) is 0 Å². The first-order valence-corrected chi connectivity index (χ1v) is 11.3. The van der Waals surface area contributed by atoms with E-state index in [-0.39, 0.29) is 23.0 Å². The third-order valence-electron chi connectivity index (χ3n) is 4.67. The van der Waals surface area contributed by atoms with Crippen LogP contribution < -0.4 is 5.32 Å². The highest BCUT2D eigenvalue weighted by Gasteiger charge is 2.32. The minimum atomic E-state index is -3.56. The van der Waals surface area contributed by atoms with Gasteiger partial charge in [-0.2, -0.15) is 4.31 Å². The molecule has 0 saturated carbocycles. The molecule has 1 N–H and O–H groups in total. The highest BCUT2D eigenvalue weighted by atomic mass is 32.2. The number of ether oxygens (including phenoxy) is 1.